The minimum absolute atomic E-state index is 0.114. The van der Waals surface area contributed by atoms with E-state index in [4.69, 9.17) is 11.6 Å². The zero-order chi connectivity index (χ0) is 18.5. The Morgan fingerprint density at radius 2 is 2.00 bits per heavy atom. The Hall–Kier alpha value is -2.78. The average molecular weight is 378 g/mol. The lowest BCUT2D eigenvalue weighted by Crippen LogP contribution is -3.15. The lowest BCUT2D eigenvalue weighted by atomic mass is 10.2. The van der Waals surface area contributed by atoms with Gasteiger partial charge in [0.2, 0.25) is 5.95 Å². The molecule has 2 heterocycles. The lowest BCUT2D eigenvalue weighted by Gasteiger charge is -2.31. The molecule has 1 aromatic carbocycles. The van der Waals surface area contributed by atoms with E-state index in [0.29, 0.717) is 11.0 Å². The summed E-state index contributed by atoms with van der Waals surface area (Å²) in [6.07, 6.45) is 3.40. The van der Waals surface area contributed by atoms with Gasteiger partial charge >= 0.3 is 0 Å². The second-order valence-electron chi connectivity index (χ2n) is 5.93. The quantitative estimate of drug-likeness (QED) is 0.576. The first-order valence-electron chi connectivity index (χ1n) is 8.12. The summed E-state index contributed by atoms with van der Waals surface area (Å²) in [5.74, 6) is 0.403. The van der Waals surface area contributed by atoms with Gasteiger partial charge in [-0.25, -0.2) is 9.97 Å². The number of rotatable bonds is 5. The Kier molecular flexibility index (Phi) is 5.59. The van der Waals surface area contributed by atoms with Gasteiger partial charge in [-0.3, -0.25) is 14.9 Å². The summed E-state index contributed by atoms with van der Waals surface area (Å²) in [5.41, 5.74) is -0.0629. The number of nitro groups is 1. The maximum Gasteiger partial charge on any atom is 0.292 e. The highest BCUT2D eigenvalue weighted by atomic mass is 35.5. The number of anilines is 2. The Morgan fingerprint density at radius 3 is 2.65 bits per heavy atom. The van der Waals surface area contributed by atoms with Crippen molar-refractivity contribution >= 4 is 34.8 Å². The van der Waals surface area contributed by atoms with Crippen LogP contribution in [-0.2, 0) is 4.79 Å². The summed E-state index contributed by atoms with van der Waals surface area (Å²) < 4.78 is 0. The van der Waals surface area contributed by atoms with E-state index in [1.165, 1.54) is 18.2 Å². The van der Waals surface area contributed by atoms with E-state index in [2.05, 4.69) is 20.2 Å². The molecule has 1 saturated heterocycles. The molecule has 0 spiro atoms. The number of hydrogen-bond acceptors (Lipinski definition) is 6. The predicted molar refractivity (Wildman–Crippen MR) is 96.5 cm³/mol. The summed E-state index contributed by atoms with van der Waals surface area (Å²) in [6.45, 7) is 3.22. The molecule has 2 aromatic rings. The molecule has 0 aliphatic carbocycles. The van der Waals surface area contributed by atoms with E-state index in [1.807, 2.05) is 0 Å². The fourth-order valence-electron chi connectivity index (χ4n) is 2.84. The molecular weight excluding hydrogens is 360 g/mol. The van der Waals surface area contributed by atoms with E-state index >= 15 is 0 Å². The molecule has 10 heteroatoms. The summed E-state index contributed by atoms with van der Waals surface area (Å²) in [5, 5.41) is 14.0. The molecule has 0 bridgehead atoms. The number of halogens is 1. The molecule has 1 amide bonds. The van der Waals surface area contributed by atoms with Crippen LogP contribution in [0.3, 0.4) is 0 Å². The number of benzene rings is 1. The van der Waals surface area contributed by atoms with Gasteiger partial charge < -0.3 is 15.1 Å². The van der Waals surface area contributed by atoms with Gasteiger partial charge in [0.25, 0.3) is 11.6 Å². The minimum atomic E-state index is -0.544. The van der Waals surface area contributed by atoms with Crippen molar-refractivity contribution in [3.05, 3.63) is 51.8 Å². The summed E-state index contributed by atoms with van der Waals surface area (Å²) in [4.78, 5) is 34.4. The molecule has 0 saturated carbocycles. The Balaban J connectivity index is 1.55. The molecule has 26 heavy (non-hydrogen) atoms. The highest BCUT2D eigenvalue weighted by molar-refractivity contribution is 6.31. The van der Waals surface area contributed by atoms with Crippen molar-refractivity contribution < 1.29 is 14.6 Å². The van der Waals surface area contributed by atoms with Gasteiger partial charge in [0.05, 0.1) is 31.1 Å². The molecule has 1 aliphatic rings. The highest BCUT2D eigenvalue weighted by Crippen LogP contribution is 2.27. The van der Waals surface area contributed by atoms with Crippen molar-refractivity contribution in [2.45, 2.75) is 0 Å². The summed E-state index contributed by atoms with van der Waals surface area (Å²) >= 11 is 5.87. The fourth-order valence-corrected chi connectivity index (χ4v) is 3.02. The minimum Gasteiger partial charge on any atom is -0.330 e. The predicted octanol–water partition coefficient (Wildman–Crippen LogP) is 0.382. The van der Waals surface area contributed by atoms with Crippen molar-refractivity contribution in [2.24, 2.45) is 0 Å². The normalized spacial score (nSPS) is 14.9. The zero-order valence-corrected chi connectivity index (χ0v) is 14.6. The molecule has 3 rings (SSSR count). The number of carbonyl (C=O) groups excluding carboxylic acids is 1. The Bertz CT molecular complexity index is 796. The van der Waals surface area contributed by atoms with Crippen LogP contribution in [-0.4, -0.2) is 53.5 Å². The van der Waals surface area contributed by atoms with Gasteiger partial charge in [-0.2, -0.15) is 0 Å². The number of nitrogens with one attached hydrogen (secondary N) is 2. The van der Waals surface area contributed by atoms with Crippen LogP contribution in [0.15, 0.2) is 36.7 Å². The van der Waals surface area contributed by atoms with Gasteiger partial charge in [-0.1, -0.05) is 11.6 Å². The van der Waals surface area contributed by atoms with Gasteiger partial charge in [0.1, 0.15) is 5.69 Å². The number of carbonyl (C=O) groups is 1. The van der Waals surface area contributed by atoms with Crippen molar-refractivity contribution in [1.29, 1.82) is 0 Å². The first kappa shape index (κ1) is 18.0. The van der Waals surface area contributed by atoms with Crippen LogP contribution in [0.25, 0.3) is 0 Å². The van der Waals surface area contributed by atoms with Crippen molar-refractivity contribution in [3.63, 3.8) is 0 Å². The van der Waals surface area contributed by atoms with E-state index in [1.54, 1.807) is 18.5 Å². The van der Waals surface area contributed by atoms with E-state index in [9.17, 15) is 14.9 Å². The van der Waals surface area contributed by atoms with Crippen molar-refractivity contribution in [2.75, 3.05) is 42.9 Å². The standard InChI is InChI=1S/C16H17ClN6O3/c17-12-2-3-14(23(25)26)13(10-12)20-15(24)11-21-6-8-22(9-7-21)16-18-4-1-5-19-16/h1-5,10H,6-9,11H2,(H,20,24)/p+1. The molecule has 1 aliphatic heterocycles. The number of quaternary nitrogens is 1. The number of aromatic nitrogens is 2. The van der Waals surface area contributed by atoms with Gasteiger partial charge in [0, 0.05) is 23.5 Å². The summed E-state index contributed by atoms with van der Waals surface area (Å²) in [7, 11) is 0. The molecule has 2 N–H and O–H groups in total. The largest absolute Gasteiger partial charge is 0.330 e. The van der Waals surface area contributed by atoms with Crippen LogP contribution in [0, 0.1) is 10.1 Å². The van der Waals surface area contributed by atoms with Crippen LogP contribution in [0.4, 0.5) is 17.3 Å². The second-order valence-corrected chi connectivity index (χ2v) is 6.37. The molecule has 136 valence electrons. The van der Waals surface area contributed by atoms with E-state index in [-0.39, 0.29) is 23.8 Å². The molecule has 0 radical (unpaired) electrons. The topological polar surface area (TPSA) is 106 Å². The Labute approximate surface area is 154 Å². The smallest absolute Gasteiger partial charge is 0.292 e. The molecule has 0 unspecified atom stereocenters. The molecular formula is C16H18ClN6O3+. The number of nitrogens with zero attached hydrogens (tertiary/aromatic N) is 4. The summed E-state index contributed by atoms with van der Waals surface area (Å²) in [6, 6.07) is 5.86. The number of piperazine rings is 1. The van der Waals surface area contributed by atoms with Gasteiger partial charge in [-0.05, 0) is 18.2 Å². The number of amides is 1. The third-order valence-corrected chi connectivity index (χ3v) is 4.38. The Morgan fingerprint density at radius 1 is 1.31 bits per heavy atom. The lowest BCUT2D eigenvalue weighted by molar-refractivity contribution is -0.892. The highest BCUT2D eigenvalue weighted by Gasteiger charge is 2.24. The molecule has 0 atom stereocenters. The fraction of sp³-hybridized carbons (Fsp3) is 0.312. The number of nitro benzene ring substituents is 1. The zero-order valence-electron chi connectivity index (χ0n) is 13.9. The average Bonchev–Trinajstić information content (AvgIpc) is 2.63. The molecule has 9 nitrogen and oxygen atoms in total. The SMILES string of the molecule is O=C(C[NH+]1CCN(c2ncccn2)CC1)Nc1cc(Cl)ccc1[N+](=O)[O-]. The maximum absolute atomic E-state index is 12.3. The molecule has 1 fully saturated rings. The molecule has 1 aromatic heterocycles. The maximum atomic E-state index is 12.3. The van der Waals surface area contributed by atoms with Crippen LogP contribution in [0.1, 0.15) is 0 Å². The van der Waals surface area contributed by atoms with E-state index < -0.39 is 4.92 Å². The monoisotopic (exact) mass is 377 g/mol. The van der Waals surface area contributed by atoms with Crippen LogP contribution < -0.4 is 15.1 Å². The van der Waals surface area contributed by atoms with Crippen molar-refractivity contribution in [1.82, 2.24) is 9.97 Å². The second kappa shape index (κ2) is 8.07. The van der Waals surface area contributed by atoms with E-state index in [0.717, 1.165) is 31.1 Å². The third-order valence-electron chi connectivity index (χ3n) is 4.15. The van der Waals surface area contributed by atoms with Gasteiger partial charge in [-0.15, -0.1) is 0 Å². The number of hydrogen-bond donors (Lipinski definition) is 2. The van der Waals surface area contributed by atoms with Crippen LogP contribution in [0.5, 0.6) is 0 Å². The van der Waals surface area contributed by atoms with Gasteiger partial charge in [0.15, 0.2) is 6.54 Å². The van der Waals surface area contributed by atoms with Crippen molar-refractivity contribution in [3.8, 4) is 0 Å². The first-order chi connectivity index (χ1) is 12.5. The van der Waals surface area contributed by atoms with Crippen LogP contribution >= 0.6 is 11.6 Å². The van der Waals surface area contributed by atoms with Crippen LogP contribution in [0.2, 0.25) is 5.02 Å². The third kappa shape index (κ3) is 4.44. The first-order valence-corrected chi connectivity index (χ1v) is 8.50.